The average molecular weight is 300 g/mol. The molecule has 0 aliphatic carbocycles. The molecule has 0 aromatic rings. The van der Waals surface area contributed by atoms with Crippen molar-refractivity contribution in [3.63, 3.8) is 0 Å². The van der Waals surface area contributed by atoms with Crippen LogP contribution in [0.4, 0.5) is 0 Å². The van der Waals surface area contributed by atoms with Crippen molar-refractivity contribution in [2.45, 2.75) is 18.4 Å². The van der Waals surface area contributed by atoms with Crippen LogP contribution in [0.2, 0.25) is 0 Å². The first-order chi connectivity index (χ1) is 5.78. The quantitative estimate of drug-likeness (QED) is 0.478. The Labute approximate surface area is 143 Å². The fourth-order valence-corrected chi connectivity index (χ4v) is 0.684. The van der Waals surface area contributed by atoms with Gasteiger partial charge in [0.15, 0.2) is 0 Å². The monoisotopic (exact) mass is 300 g/mol. The molecule has 0 spiro atoms. The topological polar surface area (TPSA) is 267 Å². The molecule has 18 heavy (non-hydrogen) atoms. The summed E-state index contributed by atoms with van der Waals surface area (Å²) in [6, 6.07) is 0. The van der Waals surface area contributed by atoms with Crippen molar-refractivity contribution >= 4 is 17.9 Å². The average Bonchev–Trinajstić information content (AvgIpc) is 1.82. The van der Waals surface area contributed by atoms with Crippen molar-refractivity contribution < 1.29 is 108 Å². The second-order valence-corrected chi connectivity index (χ2v) is 2.42. The summed E-state index contributed by atoms with van der Waals surface area (Å²) in [6.07, 6.45) is -2.72. The second-order valence-electron chi connectivity index (χ2n) is 2.42. The Hall–Kier alpha value is -0.154. The van der Waals surface area contributed by atoms with E-state index in [0.29, 0.717) is 0 Å². The summed E-state index contributed by atoms with van der Waals surface area (Å²) in [5.41, 5.74) is -2.97. The molecule has 0 aromatic heterocycles. The number of carboxylic acid groups (broad SMARTS) is 3. The molecule has 0 amide bonds. The van der Waals surface area contributed by atoms with Gasteiger partial charge in [0, 0.05) is 24.8 Å². The standard InChI is InChI=1S/C6H8O7.K.4H2O/c7-3(8)1-6(13,5(11)12)2-4(9)10;;;;;/h13H,1-2H2,(H,7,8)(H,9,10)(H,11,12);;4*1H2/q;+1;;;;/p-3. The van der Waals surface area contributed by atoms with Gasteiger partial charge in [-0.2, -0.15) is 0 Å². The number of carbonyl (C=O) groups is 3. The van der Waals surface area contributed by atoms with Gasteiger partial charge in [0.05, 0.1) is 5.97 Å². The molecule has 106 valence electrons. The normalized spacial score (nSPS) is 7.83. The maximum Gasteiger partial charge on any atom is 1.00 e. The van der Waals surface area contributed by atoms with E-state index < -0.39 is 36.4 Å². The van der Waals surface area contributed by atoms with Crippen LogP contribution in [0.3, 0.4) is 0 Å². The Morgan fingerprint density at radius 2 is 1.06 bits per heavy atom. The fraction of sp³-hybridized carbons (Fsp3) is 0.500. The summed E-state index contributed by atoms with van der Waals surface area (Å²) >= 11 is 0. The van der Waals surface area contributed by atoms with Crippen LogP contribution in [0.15, 0.2) is 0 Å². The SMILES string of the molecule is O.O.O.O.O=C([O-])CC(O)(CC(=O)[O-])C(=O)[O-].[K+]. The summed E-state index contributed by atoms with van der Waals surface area (Å²) in [6.45, 7) is 0. The molecule has 0 atom stereocenters. The molecule has 0 aliphatic heterocycles. The molecule has 12 heteroatoms. The first-order valence-electron chi connectivity index (χ1n) is 3.11. The molecule has 11 nitrogen and oxygen atoms in total. The number of hydrogen-bond donors (Lipinski definition) is 1. The van der Waals surface area contributed by atoms with Gasteiger partial charge < -0.3 is 56.7 Å². The minimum atomic E-state index is -2.97. The Morgan fingerprint density at radius 3 is 1.17 bits per heavy atom. The predicted octanol–water partition coefficient (Wildman–Crippen LogP) is -11.5. The first kappa shape index (κ1) is 36.1. The Morgan fingerprint density at radius 1 is 0.833 bits per heavy atom. The molecule has 0 radical (unpaired) electrons. The third-order valence-corrected chi connectivity index (χ3v) is 1.25. The third kappa shape index (κ3) is 13.9. The zero-order valence-electron chi connectivity index (χ0n) is 9.31. The van der Waals surface area contributed by atoms with Gasteiger partial charge in [0.1, 0.15) is 5.60 Å². The zero-order valence-corrected chi connectivity index (χ0v) is 12.4. The summed E-state index contributed by atoms with van der Waals surface area (Å²) < 4.78 is 0. The molecule has 9 N–H and O–H groups in total. The third-order valence-electron chi connectivity index (χ3n) is 1.25. The summed E-state index contributed by atoms with van der Waals surface area (Å²) in [4.78, 5) is 30.0. The van der Waals surface area contributed by atoms with E-state index in [9.17, 15) is 29.7 Å². The van der Waals surface area contributed by atoms with Crippen LogP contribution in [0.1, 0.15) is 12.8 Å². The second kappa shape index (κ2) is 14.9. The molecule has 0 rings (SSSR count). The van der Waals surface area contributed by atoms with Gasteiger partial charge in [0.2, 0.25) is 0 Å². The van der Waals surface area contributed by atoms with Gasteiger partial charge >= 0.3 is 51.4 Å². The largest absolute Gasteiger partial charge is 1.00 e. The Kier molecular flexibility index (Phi) is 29.9. The number of aliphatic hydroxyl groups is 1. The maximum atomic E-state index is 10.1. The van der Waals surface area contributed by atoms with Gasteiger partial charge in [0.25, 0.3) is 0 Å². The van der Waals surface area contributed by atoms with Crippen LogP contribution >= 0.6 is 0 Å². The van der Waals surface area contributed by atoms with E-state index in [1.54, 1.807) is 0 Å². The Balaban J connectivity index is -0.0000000720. The van der Waals surface area contributed by atoms with Crippen LogP contribution in [-0.4, -0.2) is 50.5 Å². The van der Waals surface area contributed by atoms with E-state index in [1.165, 1.54) is 0 Å². The summed E-state index contributed by atoms with van der Waals surface area (Å²) in [5.74, 6) is -5.98. The van der Waals surface area contributed by atoms with Crippen molar-refractivity contribution in [3.05, 3.63) is 0 Å². The van der Waals surface area contributed by atoms with Crippen molar-refractivity contribution in [3.8, 4) is 0 Å². The van der Waals surface area contributed by atoms with Crippen LogP contribution in [0, 0.1) is 0 Å². The van der Waals surface area contributed by atoms with E-state index in [-0.39, 0.29) is 73.3 Å². The molecular formula is C6H13KO11-2. The maximum absolute atomic E-state index is 10.1. The van der Waals surface area contributed by atoms with Gasteiger partial charge in [-0.05, 0) is 0 Å². The van der Waals surface area contributed by atoms with E-state index in [4.69, 9.17) is 5.11 Å². The molecule has 0 aromatic carbocycles. The zero-order chi connectivity index (χ0) is 10.6. The van der Waals surface area contributed by atoms with Crippen molar-refractivity contribution in [1.29, 1.82) is 0 Å². The number of carbonyl (C=O) groups excluding carboxylic acids is 3. The smallest absolute Gasteiger partial charge is 0.550 e. The number of aliphatic carboxylic acids is 3. The van der Waals surface area contributed by atoms with Gasteiger partial charge in [-0.25, -0.2) is 0 Å². The molecule has 0 unspecified atom stereocenters. The van der Waals surface area contributed by atoms with Crippen LogP contribution in [0.25, 0.3) is 0 Å². The number of hydrogen-bond acceptors (Lipinski definition) is 7. The van der Waals surface area contributed by atoms with Crippen molar-refractivity contribution in [1.82, 2.24) is 0 Å². The molecule has 0 aliphatic rings. The van der Waals surface area contributed by atoms with E-state index in [1.807, 2.05) is 0 Å². The van der Waals surface area contributed by atoms with E-state index in [2.05, 4.69) is 0 Å². The molecule has 0 heterocycles. The molecular weight excluding hydrogens is 287 g/mol. The number of carboxylic acids is 3. The van der Waals surface area contributed by atoms with Gasteiger partial charge in [-0.3, -0.25) is 0 Å². The fourth-order valence-electron chi connectivity index (χ4n) is 0.684. The first-order valence-corrected chi connectivity index (χ1v) is 3.11. The molecule has 0 saturated carbocycles. The number of rotatable bonds is 5. The van der Waals surface area contributed by atoms with Crippen LogP contribution < -0.4 is 66.7 Å². The van der Waals surface area contributed by atoms with Crippen molar-refractivity contribution in [2.24, 2.45) is 0 Å². The van der Waals surface area contributed by atoms with Crippen LogP contribution in [0.5, 0.6) is 0 Å². The molecule has 0 bridgehead atoms. The predicted molar refractivity (Wildman–Crippen MR) is 43.7 cm³/mol. The minimum absolute atomic E-state index is 0. The molecule has 0 saturated heterocycles. The summed E-state index contributed by atoms with van der Waals surface area (Å²) in [5, 5.41) is 38.9. The van der Waals surface area contributed by atoms with E-state index >= 15 is 0 Å². The van der Waals surface area contributed by atoms with Gasteiger partial charge in [-0.1, -0.05) is 0 Å². The van der Waals surface area contributed by atoms with Crippen LogP contribution in [-0.2, 0) is 14.4 Å². The minimum Gasteiger partial charge on any atom is -0.550 e. The summed E-state index contributed by atoms with van der Waals surface area (Å²) in [7, 11) is 0. The Bertz CT molecular complexity index is 236. The van der Waals surface area contributed by atoms with E-state index in [0.717, 1.165) is 0 Å². The van der Waals surface area contributed by atoms with Crippen molar-refractivity contribution in [2.75, 3.05) is 0 Å². The van der Waals surface area contributed by atoms with Gasteiger partial charge in [-0.15, -0.1) is 0 Å². The molecule has 0 fully saturated rings.